The summed E-state index contributed by atoms with van der Waals surface area (Å²) in [5.41, 5.74) is 6.00. The van der Waals surface area contributed by atoms with Gasteiger partial charge in [-0.2, -0.15) is 0 Å². The number of benzene rings is 1. The molecule has 0 spiro atoms. The highest BCUT2D eigenvalue weighted by molar-refractivity contribution is 5.58. The van der Waals surface area contributed by atoms with Crippen molar-refractivity contribution in [1.82, 2.24) is 4.90 Å². The highest BCUT2D eigenvalue weighted by atomic mass is 16.6. The minimum Gasteiger partial charge on any atom is -0.491 e. The van der Waals surface area contributed by atoms with Crippen LogP contribution in [-0.4, -0.2) is 49.3 Å². The summed E-state index contributed by atoms with van der Waals surface area (Å²) in [6.45, 7) is 4.99. The Morgan fingerprint density at radius 2 is 2.15 bits per heavy atom. The lowest BCUT2D eigenvalue weighted by atomic mass is 10.2. The second kappa shape index (κ2) is 7.06. The highest BCUT2D eigenvalue weighted by Gasteiger charge is 2.11. The monoisotopic (exact) mass is 281 g/mol. The number of rotatable bonds is 6. The van der Waals surface area contributed by atoms with Crippen LogP contribution in [0.5, 0.6) is 5.75 Å². The van der Waals surface area contributed by atoms with E-state index in [1.54, 1.807) is 6.07 Å². The van der Waals surface area contributed by atoms with Gasteiger partial charge in [0.1, 0.15) is 5.75 Å². The van der Waals surface area contributed by atoms with E-state index < -0.39 is 4.92 Å². The van der Waals surface area contributed by atoms with Crippen molar-refractivity contribution in [3.05, 3.63) is 28.3 Å². The van der Waals surface area contributed by atoms with Crippen molar-refractivity contribution < 1.29 is 14.4 Å². The Kier molecular flexibility index (Phi) is 5.14. The van der Waals surface area contributed by atoms with Gasteiger partial charge < -0.3 is 15.2 Å². The number of morpholine rings is 1. The van der Waals surface area contributed by atoms with Crippen LogP contribution < -0.4 is 10.5 Å². The molecule has 20 heavy (non-hydrogen) atoms. The van der Waals surface area contributed by atoms with Gasteiger partial charge in [-0.05, 0) is 12.5 Å². The quantitative estimate of drug-likeness (QED) is 0.365. The van der Waals surface area contributed by atoms with E-state index in [-0.39, 0.29) is 5.69 Å². The van der Waals surface area contributed by atoms with Gasteiger partial charge in [-0.15, -0.1) is 0 Å². The summed E-state index contributed by atoms with van der Waals surface area (Å²) in [4.78, 5) is 12.4. The molecule has 7 nitrogen and oxygen atoms in total. The largest absolute Gasteiger partial charge is 0.491 e. The molecule has 0 bridgehead atoms. The molecule has 1 heterocycles. The van der Waals surface area contributed by atoms with Gasteiger partial charge in [-0.25, -0.2) is 0 Å². The topological polar surface area (TPSA) is 90.9 Å². The molecule has 1 aromatic carbocycles. The van der Waals surface area contributed by atoms with Crippen molar-refractivity contribution in [2.24, 2.45) is 0 Å². The number of anilines is 1. The highest BCUT2D eigenvalue weighted by Crippen LogP contribution is 2.26. The molecule has 0 unspecified atom stereocenters. The molecule has 0 amide bonds. The first-order valence-electron chi connectivity index (χ1n) is 6.63. The molecule has 7 heteroatoms. The minimum atomic E-state index is -0.474. The van der Waals surface area contributed by atoms with Crippen molar-refractivity contribution in [1.29, 1.82) is 0 Å². The van der Waals surface area contributed by atoms with Gasteiger partial charge in [0.2, 0.25) is 0 Å². The van der Waals surface area contributed by atoms with Crippen molar-refractivity contribution in [3.63, 3.8) is 0 Å². The molecule has 1 saturated heterocycles. The molecule has 2 N–H and O–H groups in total. The zero-order chi connectivity index (χ0) is 14.4. The van der Waals surface area contributed by atoms with Gasteiger partial charge in [0.05, 0.1) is 30.4 Å². The molecule has 1 aromatic rings. The van der Waals surface area contributed by atoms with E-state index in [0.29, 0.717) is 18.0 Å². The Balaban J connectivity index is 1.74. The fourth-order valence-electron chi connectivity index (χ4n) is 2.08. The van der Waals surface area contributed by atoms with Crippen LogP contribution in [0.2, 0.25) is 0 Å². The molecule has 0 saturated carbocycles. The lowest BCUT2D eigenvalue weighted by Crippen LogP contribution is -2.37. The summed E-state index contributed by atoms with van der Waals surface area (Å²) in [7, 11) is 0. The summed E-state index contributed by atoms with van der Waals surface area (Å²) in [5, 5.41) is 10.6. The standard InChI is InChI=1S/C13H19N3O4/c14-12-10-11(16(17)18)2-3-13(12)20-7-1-4-15-5-8-19-9-6-15/h2-3,10H,1,4-9,14H2. The first-order valence-corrected chi connectivity index (χ1v) is 6.63. The Bertz CT molecular complexity index is 461. The van der Waals surface area contributed by atoms with Crippen LogP contribution in [0, 0.1) is 10.1 Å². The molecule has 0 radical (unpaired) electrons. The number of hydrogen-bond acceptors (Lipinski definition) is 6. The van der Waals surface area contributed by atoms with Crippen LogP contribution in [-0.2, 0) is 4.74 Å². The second-order valence-electron chi connectivity index (χ2n) is 4.64. The van der Waals surface area contributed by atoms with E-state index in [1.807, 2.05) is 0 Å². The normalized spacial score (nSPS) is 16.0. The fourth-order valence-corrected chi connectivity index (χ4v) is 2.08. The number of nitrogens with two attached hydrogens (primary N) is 1. The first-order chi connectivity index (χ1) is 9.66. The van der Waals surface area contributed by atoms with E-state index in [2.05, 4.69) is 4.90 Å². The summed E-state index contributed by atoms with van der Waals surface area (Å²) >= 11 is 0. The number of non-ortho nitro benzene ring substituents is 1. The second-order valence-corrected chi connectivity index (χ2v) is 4.64. The lowest BCUT2D eigenvalue weighted by Gasteiger charge is -2.26. The molecule has 2 rings (SSSR count). The fraction of sp³-hybridized carbons (Fsp3) is 0.538. The van der Waals surface area contributed by atoms with Crippen molar-refractivity contribution in [2.45, 2.75) is 6.42 Å². The smallest absolute Gasteiger partial charge is 0.271 e. The van der Waals surface area contributed by atoms with Crippen LogP contribution in [0.25, 0.3) is 0 Å². The molecule has 1 aliphatic heterocycles. The third-order valence-electron chi connectivity index (χ3n) is 3.18. The zero-order valence-corrected chi connectivity index (χ0v) is 11.3. The third-order valence-corrected chi connectivity index (χ3v) is 3.18. The Hall–Kier alpha value is -1.86. The molecule has 1 aliphatic rings. The van der Waals surface area contributed by atoms with E-state index in [0.717, 1.165) is 39.3 Å². The number of nitrogen functional groups attached to an aromatic ring is 1. The number of nitro benzene ring substituents is 1. The molecule has 0 atom stereocenters. The average Bonchev–Trinajstić information content (AvgIpc) is 2.46. The maximum Gasteiger partial charge on any atom is 0.271 e. The predicted molar refractivity (Wildman–Crippen MR) is 74.9 cm³/mol. The maximum atomic E-state index is 10.6. The van der Waals surface area contributed by atoms with E-state index >= 15 is 0 Å². The predicted octanol–water partition coefficient (Wildman–Crippen LogP) is 1.28. The van der Waals surface area contributed by atoms with E-state index in [4.69, 9.17) is 15.2 Å². The van der Waals surface area contributed by atoms with Crippen LogP contribution in [0.4, 0.5) is 11.4 Å². The number of ether oxygens (including phenoxy) is 2. The third kappa shape index (κ3) is 4.07. The van der Waals surface area contributed by atoms with Gasteiger partial charge in [0.25, 0.3) is 5.69 Å². The molecule has 0 aromatic heterocycles. The van der Waals surface area contributed by atoms with Crippen LogP contribution in [0.15, 0.2) is 18.2 Å². The first kappa shape index (κ1) is 14.5. The number of nitro groups is 1. The van der Waals surface area contributed by atoms with E-state index in [9.17, 15) is 10.1 Å². The van der Waals surface area contributed by atoms with Crippen LogP contribution in [0.3, 0.4) is 0 Å². The molecule has 1 fully saturated rings. The molecular formula is C13H19N3O4. The van der Waals surface area contributed by atoms with Gasteiger partial charge in [0.15, 0.2) is 0 Å². The van der Waals surface area contributed by atoms with Crippen LogP contribution >= 0.6 is 0 Å². The molecule has 0 aliphatic carbocycles. The molecule has 110 valence electrons. The lowest BCUT2D eigenvalue weighted by molar-refractivity contribution is -0.384. The maximum absolute atomic E-state index is 10.6. The van der Waals surface area contributed by atoms with Gasteiger partial charge >= 0.3 is 0 Å². The minimum absolute atomic E-state index is 0.0248. The average molecular weight is 281 g/mol. The van der Waals surface area contributed by atoms with Crippen LogP contribution in [0.1, 0.15) is 6.42 Å². The number of nitrogens with zero attached hydrogens (tertiary/aromatic N) is 2. The summed E-state index contributed by atoms with van der Waals surface area (Å²) < 4.78 is 10.8. The number of hydrogen-bond donors (Lipinski definition) is 1. The van der Waals surface area contributed by atoms with Crippen molar-refractivity contribution in [2.75, 3.05) is 45.2 Å². The Morgan fingerprint density at radius 1 is 1.40 bits per heavy atom. The van der Waals surface area contributed by atoms with Gasteiger partial charge in [0, 0.05) is 31.8 Å². The SMILES string of the molecule is Nc1cc([N+](=O)[O-])ccc1OCCCN1CCOCC1. The zero-order valence-electron chi connectivity index (χ0n) is 11.3. The van der Waals surface area contributed by atoms with Gasteiger partial charge in [-0.1, -0.05) is 0 Å². The Labute approximate surface area is 117 Å². The summed E-state index contributed by atoms with van der Waals surface area (Å²) in [6.07, 6.45) is 0.885. The van der Waals surface area contributed by atoms with Crippen molar-refractivity contribution >= 4 is 11.4 Å². The summed E-state index contributed by atoms with van der Waals surface area (Å²) in [5.74, 6) is 0.498. The Morgan fingerprint density at radius 3 is 2.80 bits per heavy atom. The molecular weight excluding hydrogens is 262 g/mol. The van der Waals surface area contributed by atoms with E-state index in [1.165, 1.54) is 12.1 Å². The van der Waals surface area contributed by atoms with Crippen molar-refractivity contribution in [3.8, 4) is 5.75 Å². The van der Waals surface area contributed by atoms with Gasteiger partial charge in [-0.3, -0.25) is 15.0 Å². The summed E-state index contributed by atoms with van der Waals surface area (Å²) in [6, 6.07) is 4.26.